The first kappa shape index (κ1) is 35.2. The highest BCUT2D eigenvalue weighted by atomic mass is 19.1. The molecule has 1 aliphatic heterocycles. The third-order valence-corrected chi connectivity index (χ3v) is 5.70. The lowest BCUT2D eigenvalue weighted by Crippen LogP contribution is -2.47. The maximum Gasteiger partial charge on any atom is 0.509 e. The Morgan fingerprint density at radius 2 is 1.53 bits per heavy atom. The van der Waals surface area contributed by atoms with Crippen LogP contribution >= 0.6 is 0 Å². The summed E-state index contributed by atoms with van der Waals surface area (Å²) in [6, 6.07) is 0. The largest absolute Gasteiger partial charge is 0.509 e. The van der Waals surface area contributed by atoms with Gasteiger partial charge in [-0.25, -0.2) is 28.3 Å². The van der Waals surface area contributed by atoms with Crippen molar-refractivity contribution in [1.82, 2.24) is 24.1 Å². The van der Waals surface area contributed by atoms with Crippen molar-refractivity contribution >= 4 is 18.4 Å². The van der Waals surface area contributed by atoms with Gasteiger partial charge in [0.25, 0.3) is 5.56 Å². The molecule has 0 bridgehead atoms. The molecule has 45 heavy (non-hydrogen) atoms. The van der Waals surface area contributed by atoms with E-state index >= 15 is 0 Å². The summed E-state index contributed by atoms with van der Waals surface area (Å²) in [6.45, 7) is 13.1. The molecule has 0 saturated carbocycles. The number of hydrogen-bond acceptors (Lipinski definition) is 13. The highest BCUT2D eigenvalue weighted by molar-refractivity contribution is 5.72. The molecular formula is C28H40FN5O11. The van der Waals surface area contributed by atoms with Crippen LogP contribution in [-0.2, 0) is 35.0 Å². The van der Waals surface area contributed by atoms with E-state index in [2.05, 4.69) is 10.3 Å². The van der Waals surface area contributed by atoms with Crippen molar-refractivity contribution in [3.05, 3.63) is 33.2 Å². The summed E-state index contributed by atoms with van der Waals surface area (Å²) in [5, 5.41) is 7.66. The molecule has 0 spiro atoms. The number of alkyl halides is 1. The van der Waals surface area contributed by atoms with Crippen LogP contribution in [0.2, 0.25) is 0 Å². The topological polar surface area (TPSA) is 181 Å². The molecule has 17 heteroatoms. The number of hydrogen-bond donors (Lipinski definition) is 0. The van der Waals surface area contributed by atoms with Gasteiger partial charge >= 0.3 is 24.1 Å². The number of halogens is 1. The van der Waals surface area contributed by atoms with Crippen LogP contribution in [0.25, 0.3) is 11.3 Å². The standard InChI is InChI=1S/C28H40FN5O11/c1-26(2,3)43-23(37)34-21(35)16(17-14-32(11-10-29)31-30-17)13-33(22(34)36)20-12-18(42-25(39)45-28(7,8)9)19(41-20)15-40-24(38)44-27(4,5)6/h13-14,18-20H,10-12,15H2,1-9H3/t18-,19+,20+/m0/s1. The SMILES string of the molecule is CC(C)(C)OC(=O)OC[C@H]1O[C@@H](n2cc(-c3cn(CCF)nn3)c(=O)n(C(=O)OC(C)(C)C)c2=O)C[C@@H]1OC(=O)OC(C)(C)C. The molecule has 1 fully saturated rings. The Kier molecular flexibility index (Phi) is 10.5. The fraction of sp³-hybridized carbons (Fsp3) is 0.679. The highest BCUT2D eigenvalue weighted by Gasteiger charge is 2.42. The van der Waals surface area contributed by atoms with Gasteiger partial charge in [0, 0.05) is 12.6 Å². The van der Waals surface area contributed by atoms with Crippen molar-refractivity contribution in [3.63, 3.8) is 0 Å². The summed E-state index contributed by atoms with van der Waals surface area (Å²) in [6.07, 6.45) is -4.65. The molecule has 3 atom stereocenters. The minimum atomic E-state index is -1.27. The Morgan fingerprint density at radius 3 is 2.11 bits per heavy atom. The molecule has 2 aromatic heterocycles. The number of carbonyl (C=O) groups is 3. The second kappa shape index (κ2) is 13.4. The van der Waals surface area contributed by atoms with E-state index in [1.165, 1.54) is 6.20 Å². The van der Waals surface area contributed by atoms with E-state index < -0.39 is 78.2 Å². The summed E-state index contributed by atoms with van der Waals surface area (Å²) < 4.78 is 47.6. The Morgan fingerprint density at radius 1 is 0.933 bits per heavy atom. The van der Waals surface area contributed by atoms with E-state index in [1.807, 2.05) is 0 Å². The third-order valence-electron chi connectivity index (χ3n) is 5.70. The molecule has 1 aliphatic rings. The maximum atomic E-state index is 13.7. The van der Waals surface area contributed by atoms with Crippen molar-refractivity contribution in [2.45, 2.75) is 111 Å². The predicted molar refractivity (Wildman–Crippen MR) is 153 cm³/mol. The zero-order chi connectivity index (χ0) is 33.9. The Balaban J connectivity index is 2.06. The average molecular weight is 642 g/mol. The van der Waals surface area contributed by atoms with Crippen LogP contribution in [0.15, 0.2) is 22.0 Å². The third kappa shape index (κ3) is 9.86. The molecule has 0 amide bonds. The van der Waals surface area contributed by atoms with E-state index in [0.717, 1.165) is 15.4 Å². The lowest BCUT2D eigenvalue weighted by molar-refractivity contribution is -0.0824. The molecule has 1 saturated heterocycles. The lowest BCUT2D eigenvalue weighted by atomic mass is 10.2. The van der Waals surface area contributed by atoms with Gasteiger partial charge < -0.3 is 28.4 Å². The van der Waals surface area contributed by atoms with Gasteiger partial charge in [-0.2, -0.15) is 4.57 Å². The number of carbonyl (C=O) groups excluding carboxylic acids is 3. The molecule has 0 aromatic carbocycles. The van der Waals surface area contributed by atoms with Gasteiger partial charge in [-0.3, -0.25) is 9.36 Å². The fourth-order valence-corrected chi connectivity index (χ4v) is 4.01. The molecular weight excluding hydrogens is 601 g/mol. The van der Waals surface area contributed by atoms with Crippen molar-refractivity contribution in [3.8, 4) is 11.3 Å². The van der Waals surface area contributed by atoms with Crippen LogP contribution < -0.4 is 11.2 Å². The van der Waals surface area contributed by atoms with Crippen LogP contribution in [0, 0.1) is 0 Å². The smallest absolute Gasteiger partial charge is 0.443 e. The van der Waals surface area contributed by atoms with Crippen LogP contribution in [0.4, 0.5) is 18.8 Å². The van der Waals surface area contributed by atoms with E-state index in [4.69, 9.17) is 28.4 Å². The summed E-state index contributed by atoms with van der Waals surface area (Å²) in [7, 11) is 0. The van der Waals surface area contributed by atoms with Gasteiger partial charge in [0.1, 0.15) is 54.2 Å². The fourth-order valence-electron chi connectivity index (χ4n) is 4.01. The second-order valence-corrected chi connectivity index (χ2v) is 13.2. The van der Waals surface area contributed by atoms with Crippen molar-refractivity contribution in [1.29, 1.82) is 0 Å². The molecule has 250 valence electrons. The molecule has 0 unspecified atom stereocenters. The summed E-state index contributed by atoms with van der Waals surface area (Å²) >= 11 is 0. The molecule has 0 N–H and O–H groups in total. The van der Waals surface area contributed by atoms with Crippen LogP contribution in [0.1, 0.15) is 75.0 Å². The first-order valence-corrected chi connectivity index (χ1v) is 14.2. The number of nitrogens with zero attached hydrogens (tertiary/aromatic N) is 5. The van der Waals surface area contributed by atoms with E-state index in [-0.39, 0.29) is 28.8 Å². The number of aromatic nitrogens is 5. The normalized spacial score (nSPS) is 18.8. The van der Waals surface area contributed by atoms with Gasteiger partial charge in [-0.1, -0.05) is 5.21 Å². The molecule has 2 aromatic rings. The second-order valence-electron chi connectivity index (χ2n) is 13.2. The van der Waals surface area contributed by atoms with Crippen LogP contribution in [0.5, 0.6) is 0 Å². The Hall–Kier alpha value is -4.28. The average Bonchev–Trinajstić information content (AvgIpc) is 3.47. The summed E-state index contributed by atoms with van der Waals surface area (Å²) in [4.78, 5) is 65.0. The quantitative estimate of drug-likeness (QED) is 0.316. The van der Waals surface area contributed by atoms with Gasteiger partial charge in [-0.15, -0.1) is 5.10 Å². The van der Waals surface area contributed by atoms with Crippen molar-refractivity contribution < 1.29 is 47.2 Å². The van der Waals surface area contributed by atoms with E-state index in [1.54, 1.807) is 62.3 Å². The van der Waals surface area contributed by atoms with E-state index in [9.17, 15) is 28.4 Å². The molecule has 16 nitrogen and oxygen atoms in total. The maximum absolute atomic E-state index is 13.7. The van der Waals surface area contributed by atoms with Crippen molar-refractivity contribution in [2.24, 2.45) is 0 Å². The minimum Gasteiger partial charge on any atom is -0.443 e. The molecule has 0 aliphatic carbocycles. The van der Waals surface area contributed by atoms with Gasteiger partial charge in [0.15, 0.2) is 0 Å². The van der Waals surface area contributed by atoms with Gasteiger partial charge in [0.2, 0.25) is 0 Å². The molecule has 3 heterocycles. The summed E-state index contributed by atoms with van der Waals surface area (Å²) in [5.74, 6) is 0. The first-order chi connectivity index (χ1) is 20.7. The monoisotopic (exact) mass is 641 g/mol. The first-order valence-electron chi connectivity index (χ1n) is 14.2. The molecule has 3 rings (SSSR count). The van der Waals surface area contributed by atoms with Gasteiger partial charge in [-0.05, 0) is 62.3 Å². The van der Waals surface area contributed by atoms with Crippen LogP contribution in [-0.4, -0.2) is 84.8 Å². The Bertz CT molecular complexity index is 1510. The highest BCUT2D eigenvalue weighted by Crippen LogP contribution is 2.32. The van der Waals surface area contributed by atoms with Gasteiger partial charge in [0.05, 0.1) is 18.3 Å². The lowest BCUT2D eigenvalue weighted by Gasteiger charge is -2.23. The number of ether oxygens (including phenoxy) is 6. The minimum absolute atomic E-state index is 0.0659. The zero-order valence-corrected chi connectivity index (χ0v) is 26.8. The molecule has 0 radical (unpaired) electrons. The Labute approximate surface area is 258 Å². The predicted octanol–water partition coefficient (Wildman–Crippen LogP) is 3.58. The van der Waals surface area contributed by atoms with Crippen LogP contribution in [0.3, 0.4) is 0 Å². The summed E-state index contributed by atoms with van der Waals surface area (Å²) in [5.41, 5.74) is -5.35. The number of rotatable bonds is 7. The van der Waals surface area contributed by atoms with E-state index in [0.29, 0.717) is 0 Å². The zero-order valence-electron chi connectivity index (χ0n) is 26.8. The number of aryl methyl sites for hydroxylation is 1. The van der Waals surface area contributed by atoms with Crippen molar-refractivity contribution in [2.75, 3.05) is 13.3 Å².